The molecular weight excluding hydrogens is 448 g/mol. The smallest absolute Gasteiger partial charge is 0.341 e. The van der Waals surface area contributed by atoms with Crippen molar-refractivity contribution >= 4 is 46.3 Å². The molecule has 1 saturated carbocycles. The van der Waals surface area contributed by atoms with E-state index in [9.17, 15) is 14.7 Å². The molecule has 2 aromatic heterocycles. The minimum Gasteiger partial charge on any atom is -0.477 e. The third-order valence-electron chi connectivity index (χ3n) is 5.96. The van der Waals surface area contributed by atoms with Crippen LogP contribution in [-0.4, -0.2) is 15.6 Å². The largest absolute Gasteiger partial charge is 0.477 e. The normalized spacial score (nSPS) is 18.0. The Bertz CT molecular complexity index is 1300. The van der Waals surface area contributed by atoms with Crippen molar-refractivity contribution in [2.75, 3.05) is 5.73 Å². The van der Waals surface area contributed by atoms with Crippen molar-refractivity contribution in [3.05, 3.63) is 50.1 Å². The molecule has 2 heterocycles. The number of anilines is 1. The van der Waals surface area contributed by atoms with Gasteiger partial charge in [0.15, 0.2) is 11.6 Å². The Kier molecular flexibility index (Phi) is 5.31. The van der Waals surface area contributed by atoms with E-state index in [1.54, 1.807) is 6.07 Å². The Hall–Kier alpha value is -2.49. The van der Waals surface area contributed by atoms with E-state index >= 15 is 8.78 Å². The maximum Gasteiger partial charge on any atom is 0.341 e. The summed E-state index contributed by atoms with van der Waals surface area (Å²) in [5.41, 5.74) is 10.5. The summed E-state index contributed by atoms with van der Waals surface area (Å²) in [5.74, 6) is -3.40. The van der Waals surface area contributed by atoms with Gasteiger partial charge >= 0.3 is 5.97 Å². The summed E-state index contributed by atoms with van der Waals surface area (Å²) in [6.07, 6.45) is 5.10. The summed E-state index contributed by atoms with van der Waals surface area (Å²) < 4.78 is 32.5. The van der Waals surface area contributed by atoms with Crippen molar-refractivity contribution in [2.24, 2.45) is 5.73 Å². The van der Waals surface area contributed by atoms with Crippen molar-refractivity contribution in [3.63, 3.8) is 0 Å². The number of hydrogen-bond acceptors (Lipinski definition) is 5. The number of nitrogens with two attached hydrogens (primary N) is 2. The van der Waals surface area contributed by atoms with Gasteiger partial charge in [-0.3, -0.25) is 4.79 Å². The summed E-state index contributed by atoms with van der Waals surface area (Å²) in [7, 11) is 0. The first-order valence-electron chi connectivity index (χ1n) is 9.76. The second-order valence-electron chi connectivity index (χ2n) is 7.94. The van der Waals surface area contributed by atoms with E-state index in [1.165, 1.54) is 15.9 Å². The molecule has 1 unspecified atom stereocenters. The van der Waals surface area contributed by atoms with Gasteiger partial charge in [0, 0.05) is 28.0 Å². The van der Waals surface area contributed by atoms with Gasteiger partial charge in [-0.25, -0.2) is 13.6 Å². The number of rotatable bonds is 3. The lowest BCUT2D eigenvalue weighted by Crippen LogP contribution is -2.21. The summed E-state index contributed by atoms with van der Waals surface area (Å²) >= 11 is 1.28. The highest BCUT2D eigenvalue weighted by Crippen LogP contribution is 2.45. The summed E-state index contributed by atoms with van der Waals surface area (Å²) in [5, 5.41) is 8.96. The standard InChI is InChI=1S/C21H19F2N3O3S.ClH/c22-16-14(13-6-9-11(24)2-1-3-12(9)30-13)17(23)19-15(18(16)25)20(27)10(21(28)29)7-26(19)8-4-5-8;/h6-8,11H,1-5,24-25H2,(H,28,29);1H. The molecule has 0 saturated heterocycles. The highest BCUT2D eigenvalue weighted by atomic mass is 35.5. The number of aromatic nitrogens is 1. The van der Waals surface area contributed by atoms with Gasteiger partial charge in [-0.1, -0.05) is 0 Å². The minimum atomic E-state index is -1.46. The number of halogens is 3. The molecule has 0 spiro atoms. The van der Waals surface area contributed by atoms with Gasteiger partial charge in [0.2, 0.25) is 5.43 Å². The predicted molar refractivity (Wildman–Crippen MR) is 118 cm³/mol. The van der Waals surface area contributed by atoms with E-state index < -0.39 is 39.7 Å². The SMILES string of the molecule is Cl.Nc1c(F)c(-c2cc3c(s2)CCCC3N)c(F)c2c1c(=O)c(C(=O)O)cn2C1CC1. The van der Waals surface area contributed by atoms with Crippen LogP contribution in [0.15, 0.2) is 17.1 Å². The van der Waals surface area contributed by atoms with E-state index in [-0.39, 0.29) is 35.6 Å². The second-order valence-corrected chi connectivity index (χ2v) is 9.08. The average Bonchev–Trinajstić information content (AvgIpc) is 3.45. The molecule has 0 radical (unpaired) electrons. The average molecular weight is 468 g/mol. The van der Waals surface area contributed by atoms with E-state index in [2.05, 4.69) is 0 Å². The molecular formula is C21H20ClF2N3O3S. The Balaban J connectivity index is 0.00000231. The molecule has 5 N–H and O–H groups in total. The molecule has 2 aliphatic carbocycles. The van der Waals surface area contributed by atoms with E-state index in [0.29, 0.717) is 17.7 Å². The lowest BCUT2D eigenvalue weighted by Gasteiger charge is -2.17. The zero-order valence-electron chi connectivity index (χ0n) is 16.3. The van der Waals surface area contributed by atoms with Gasteiger partial charge in [-0.2, -0.15) is 0 Å². The Labute approximate surface area is 185 Å². The van der Waals surface area contributed by atoms with Crippen molar-refractivity contribution < 1.29 is 18.7 Å². The van der Waals surface area contributed by atoms with Crippen LogP contribution >= 0.6 is 23.7 Å². The van der Waals surface area contributed by atoms with E-state index in [0.717, 1.165) is 35.9 Å². The predicted octanol–water partition coefficient (Wildman–Crippen LogP) is 4.38. The number of nitrogens with zero attached hydrogens (tertiary/aromatic N) is 1. The van der Waals surface area contributed by atoms with E-state index in [1.807, 2.05) is 0 Å². The van der Waals surface area contributed by atoms with Crippen LogP contribution in [0.3, 0.4) is 0 Å². The van der Waals surface area contributed by atoms with Crippen LogP contribution in [0.25, 0.3) is 21.3 Å². The van der Waals surface area contributed by atoms with Crippen LogP contribution in [0.1, 0.15) is 58.6 Å². The fourth-order valence-electron chi connectivity index (χ4n) is 4.29. The number of thiophene rings is 1. The fourth-order valence-corrected chi connectivity index (χ4v) is 5.60. The van der Waals surface area contributed by atoms with Gasteiger partial charge in [-0.15, -0.1) is 23.7 Å². The first-order valence-corrected chi connectivity index (χ1v) is 10.6. The number of aryl methyl sites for hydroxylation is 1. The second kappa shape index (κ2) is 7.58. The Morgan fingerprint density at radius 3 is 2.55 bits per heavy atom. The molecule has 6 nitrogen and oxygen atoms in total. The number of carbonyl (C=O) groups is 1. The van der Waals surface area contributed by atoms with Crippen molar-refractivity contribution in [1.29, 1.82) is 0 Å². The number of carboxylic acid groups (broad SMARTS) is 1. The molecule has 5 rings (SSSR count). The molecule has 1 aromatic carbocycles. The van der Waals surface area contributed by atoms with Crippen molar-refractivity contribution in [2.45, 2.75) is 44.2 Å². The maximum absolute atomic E-state index is 15.8. The van der Waals surface area contributed by atoms with Crippen molar-refractivity contribution in [1.82, 2.24) is 4.57 Å². The Morgan fingerprint density at radius 2 is 1.94 bits per heavy atom. The van der Waals surface area contributed by atoms with Crippen LogP contribution in [0.4, 0.5) is 14.5 Å². The number of carboxylic acids is 1. The van der Waals surface area contributed by atoms with Gasteiger partial charge in [0.05, 0.1) is 22.2 Å². The van der Waals surface area contributed by atoms with Crippen LogP contribution < -0.4 is 16.9 Å². The van der Waals surface area contributed by atoms with Gasteiger partial charge in [0.25, 0.3) is 0 Å². The molecule has 31 heavy (non-hydrogen) atoms. The lowest BCUT2D eigenvalue weighted by molar-refractivity contribution is 0.0695. The van der Waals surface area contributed by atoms with E-state index in [4.69, 9.17) is 11.5 Å². The molecule has 2 aliphatic rings. The highest BCUT2D eigenvalue weighted by molar-refractivity contribution is 7.15. The summed E-state index contributed by atoms with van der Waals surface area (Å²) in [4.78, 5) is 25.6. The quantitative estimate of drug-likeness (QED) is 0.495. The highest BCUT2D eigenvalue weighted by Gasteiger charge is 2.33. The number of benzene rings is 1. The van der Waals surface area contributed by atoms with Crippen LogP contribution in [0.5, 0.6) is 0 Å². The first-order chi connectivity index (χ1) is 14.3. The number of fused-ring (bicyclic) bond motifs is 2. The zero-order chi connectivity index (χ0) is 21.3. The zero-order valence-corrected chi connectivity index (χ0v) is 17.9. The molecule has 0 amide bonds. The molecule has 164 valence electrons. The maximum atomic E-state index is 15.8. The molecule has 1 atom stereocenters. The summed E-state index contributed by atoms with van der Waals surface area (Å²) in [6, 6.07) is 1.38. The first kappa shape index (κ1) is 21.7. The number of aromatic carboxylic acids is 1. The number of pyridine rings is 1. The molecule has 10 heteroatoms. The minimum absolute atomic E-state index is 0. The topological polar surface area (TPSA) is 111 Å². The van der Waals surface area contributed by atoms with Gasteiger partial charge in [-0.05, 0) is 43.7 Å². The third kappa shape index (κ3) is 3.22. The molecule has 0 aliphatic heterocycles. The van der Waals surface area contributed by atoms with Gasteiger partial charge in [0.1, 0.15) is 5.56 Å². The van der Waals surface area contributed by atoms with Gasteiger partial charge < -0.3 is 21.1 Å². The molecule has 1 fully saturated rings. The van der Waals surface area contributed by atoms with Crippen molar-refractivity contribution in [3.8, 4) is 10.4 Å². The monoisotopic (exact) mass is 467 g/mol. The van der Waals surface area contributed by atoms with Crippen LogP contribution in [0, 0.1) is 11.6 Å². The van der Waals surface area contributed by atoms with Crippen LogP contribution in [-0.2, 0) is 6.42 Å². The molecule has 3 aromatic rings. The third-order valence-corrected chi connectivity index (χ3v) is 7.19. The Morgan fingerprint density at radius 1 is 1.23 bits per heavy atom. The number of hydrogen-bond donors (Lipinski definition) is 3. The lowest BCUT2D eigenvalue weighted by atomic mass is 9.94. The summed E-state index contributed by atoms with van der Waals surface area (Å²) in [6.45, 7) is 0. The molecule has 0 bridgehead atoms. The number of nitrogen functional groups attached to an aromatic ring is 1. The fraction of sp³-hybridized carbons (Fsp3) is 0.333. The van der Waals surface area contributed by atoms with Crippen LogP contribution in [0.2, 0.25) is 0 Å².